The number of rotatable bonds is 4. The van der Waals surface area contributed by atoms with Gasteiger partial charge in [-0.3, -0.25) is 0 Å². The van der Waals surface area contributed by atoms with Crippen LogP contribution in [0, 0.1) is 6.85 Å². The molecule has 0 N–H and O–H groups in total. The van der Waals surface area contributed by atoms with Gasteiger partial charge in [0.05, 0.1) is 5.69 Å². The molecule has 0 fully saturated rings. The highest BCUT2D eigenvalue weighted by Gasteiger charge is 2.48. The molecule has 0 saturated carbocycles. The molecule has 0 aromatic heterocycles. The third-order valence-electron chi connectivity index (χ3n) is 17.4. The molecule has 0 bridgehead atoms. The van der Waals surface area contributed by atoms with Crippen LogP contribution in [0.25, 0.3) is 22.3 Å². The Labute approximate surface area is 425 Å². The summed E-state index contributed by atoms with van der Waals surface area (Å²) in [4.78, 5) is 4.97. The standard InChI is InChI=1S/C67H75BN2/c1-42-34-58-60-59(35-42)70(61-48(43-22-18-16-19-23-43)36-46(63(5,6)7)37-49(61)44-24-20-17-21-25-44)56-29-26-45(62(2,3)4)38-54(56)68(60)55-40-52-53(67(14,15)33-32-66(52,12)13)41-57(55)69(58)47-27-28-50-51(39-47)65(10,11)31-30-64(50,8)9/h16-29,34-41H,30-33H2,1-15H3/i1D3. The molecule has 4 aliphatic rings. The van der Waals surface area contributed by atoms with Crippen molar-refractivity contribution in [1.29, 1.82) is 0 Å². The van der Waals surface area contributed by atoms with Crippen LogP contribution in [0.2, 0.25) is 0 Å². The SMILES string of the molecule is [2H]C([2H])([2H])c1cc2c3c(c1)N(c1c(-c4ccccc4)cc(C(C)(C)C)cc1-c1ccccc1)c1ccc(C(C)(C)C)cc1B3c1cc3c(cc1N2c1ccc2c(c1)C(C)(C)CCC2(C)C)C(C)(C)CCC3(C)C. The fourth-order valence-electron chi connectivity index (χ4n) is 12.7. The number of fused-ring (bicyclic) bond motifs is 6. The second-order valence-electron chi connectivity index (χ2n) is 26.2. The summed E-state index contributed by atoms with van der Waals surface area (Å²) < 4.78 is 28.0. The Morgan fingerprint density at radius 3 is 1.46 bits per heavy atom. The molecule has 70 heavy (non-hydrogen) atoms. The molecule has 2 nitrogen and oxygen atoms in total. The van der Waals surface area contributed by atoms with Crippen molar-refractivity contribution < 1.29 is 4.11 Å². The van der Waals surface area contributed by atoms with E-state index in [1.165, 1.54) is 44.3 Å². The number of nitrogens with zero attached hydrogens (tertiary/aromatic N) is 2. The fraction of sp³-hybridized carbons (Fsp3) is 0.373. The normalized spacial score (nSPS) is 18.9. The summed E-state index contributed by atoms with van der Waals surface area (Å²) in [5.74, 6) is 0. The van der Waals surface area contributed by atoms with E-state index in [4.69, 9.17) is 0 Å². The topological polar surface area (TPSA) is 6.48 Å². The van der Waals surface area contributed by atoms with E-state index in [9.17, 15) is 4.11 Å². The molecule has 2 heterocycles. The van der Waals surface area contributed by atoms with Gasteiger partial charge in [-0.15, -0.1) is 0 Å². The number of benzene rings is 7. The van der Waals surface area contributed by atoms with Crippen molar-refractivity contribution in [3.63, 3.8) is 0 Å². The first-order valence-electron chi connectivity index (χ1n) is 27.6. The van der Waals surface area contributed by atoms with Crippen LogP contribution in [0.15, 0.2) is 133 Å². The molecule has 0 spiro atoms. The maximum Gasteiger partial charge on any atom is 0.252 e. The Morgan fingerprint density at radius 1 is 0.443 bits per heavy atom. The first-order chi connectivity index (χ1) is 34.1. The van der Waals surface area contributed by atoms with Crippen LogP contribution in [-0.2, 0) is 32.5 Å². The average molecular weight is 922 g/mol. The van der Waals surface area contributed by atoms with Gasteiger partial charge >= 0.3 is 0 Å². The lowest BCUT2D eigenvalue weighted by Gasteiger charge is -2.48. The highest BCUT2D eigenvalue weighted by molar-refractivity contribution is 7.00. The lowest BCUT2D eigenvalue weighted by Crippen LogP contribution is -2.62. The Kier molecular flexibility index (Phi) is 9.59. The zero-order chi connectivity index (χ0) is 52.2. The fourth-order valence-corrected chi connectivity index (χ4v) is 12.7. The molecule has 2 aliphatic carbocycles. The molecule has 3 heteroatoms. The Hall–Kier alpha value is -5.80. The van der Waals surface area contributed by atoms with Gasteiger partial charge in [0.15, 0.2) is 0 Å². The Morgan fingerprint density at radius 2 is 0.929 bits per heavy atom. The lowest BCUT2D eigenvalue weighted by atomic mass is 9.33. The molecule has 356 valence electrons. The van der Waals surface area contributed by atoms with E-state index in [-0.39, 0.29) is 39.2 Å². The van der Waals surface area contributed by atoms with Crippen LogP contribution in [0.5, 0.6) is 0 Å². The van der Waals surface area contributed by atoms with Gasteiger partial charge in [0.2, 0.25) is 0 Å². The minimum absolute atomic E-state index is 0.0355. The average Bonchev–Trinajstić information content (AvgIpc) is 3.33. The van der Waals surface area contributed by atoms with Gasteiger partial charge in [0, 0.05) is 43.7 Å². The summed E-state index contributed by atoms with van der Waals surface area (Å²) in [6.45, 7) is 30.6. The second kappa shape index (κ2) is 15.6. The number of anilines is 6. The lowest BCUT2D eigenvalue weighted by molar-refractivity contribution is 0.332. The van der Waals surface area contributed by atoms with Crippen molar-refractivity contribution in [2.24, 2.45) is 0 Å². The second-order valence-corrected chi connectivity index (χ2v) is 26.2. The maximum atomic E-state index is 9.35. The summed E-state index contributed by atoms with van der Waals surface area (Å²) >= 11 is 0. The van der Waals surface area contributed by atoms with Crippen LogP contribution in [-0.4, -0.2) is 6.71 Å². The summed E-state index contributed by atoms with van der Waals surface area (Å²) in [6, 6.07) is 50.1. The maximum absolute atomic E-state index is 9.35. The Bertz CT molecular complexity index is 3300. The number of aryl methyl sites for hydroxylation is 1. The highest BCUT2D eigenvalue weighted by Crippen LogP contribution is 2.55. The van der Waals surface area contributed by atoms with Crippen LogP contribution in [0.4, 0.5) is 34.1 Å². The molecule has 7 aromatic rings. The predicted octanol–water partition coefficient (Wildman–Crippen LogP) is 16.7. The molecule has 0 unspecified atom stereocenters. The third kappa shape index (κ3) is 7.34. The summed E-state index contributed by atoms with van der Waals surface area (Å²) in [6.07, 6.45) is 4.42. The van der Waals surface area contributed by atoms with Gasteiger partial charge in [-0.2, -0.15) is 0 Å². The predicted molar refractivity (Wildman–Crippen MR) is 304 cm³/mol. The molecule has 0 radical (unpaired) electrons. The van der Waals surface area contributed by atoms with Gasteiger partial charge in [0.25, 0.3) is 6.71 Å². The van der Waals surface area contributed by atoms with Gasteiger partial charge in [0.1, 0.15) is 0 Å². The summed E-state index contributed by atoms with van der Waals surface area (Å²) in [7, 11) is 0. The summed E-state index contributed by atoms with van der Waals surface area (Å²) in [5.41, 5.74) is 22.3. The van der Waals surface area contributed by atoms with E-state index in [0.717, 1.165) is 87.5 Å². The quantitative estimate of drug-likeness (QED) is 0.162. The van der Waals surface area contributed by atoms with E-state index < -0.39 is 6.85 Å². The summed E-state index contributed by atoms with van der Waals surface area (Å²) in [5, 5.41) is 0. The zero-order valence-corrected chi connectivity index (χ0v) is 44.5. The third-order valence-corrected chi connectivity index (χ3v) is 17.4. The van der Waals surface area contributed by atoms with Crippen LogP contribution in [0.1, 0.15) is 166 Å². The van der Waals surface area contributed by atoms with E-state index in [0.29, 0.717) is 5.56 Å². The minimum atomic E-state index is -2.40. The van der Waals surface area contributed by atoms with Gasteiger partial charge < -0.3 is 9.80 Å². The zero-order valence-electron chi connectivity index (χ0n) is 47.5. The van der Waals surface area contributed by atoms with Crippen LogP contribution in [0.3, 0.4) is 0 Å². The molecule has 0 atom stereocenters. The molecule has 0 amide bonds. The largest absolute Gasteiger partial charge is 0.311 e. The van der Waals surface area contributed by atoms with Gasteiger partial charge in [-0.25, -0.2) is 0 Å². The van der Waals surface area contributed by atoms with E-state index in [1.807, 2.05) is 12.1 Å². The van der Waals surface area contributed by atoms with Gasteiger partial charge in [-0.05, 0) is 180 Å². The van der Waals surface area contributed by atoms with Crippen molar-refractivity contribution >= 4 is 57.2 Å². The van der Waals surface area contributed by atoms with E-state index >= 15 is 0 Å². The molecular weight excluding hydrogens is 844 g/mol. The van der Waals surface area contributed by atoms with E-state index in [2.05, 4.69) is 228 Å². The van der Waals surface area contributed by atoms with Crippen molar-refractivity contribution in [2.45, 2.75) is 162 Å². The van der Waals surface area contributed by atoms with Crippen LogP contribution < -0.4 is 26.2 Å². The highest BCUT2D eigenvalue weighted by atomic mass is 15.2. The number of hydrogen-bond acceptors (Lipinski definition) is 2. The monoisotopic (exact) mass is 922 g/mol. The molecular formula is C67H75BN2. The molecule has 11 rings (SSSR count). The van der Waals surface area contributed by atoms with E-state index in [1.54, 1.807) is 0 Å². The van der Waals surface area contributed by atoms with Crippen molar-refractivity contribution in [3.05, 3.63) is 172 Å². The number of hydrogen-bond donors (Lipinski definition) is 0. The van der Waals surface area contributed by atoms with Crippen molar-refractivity contribution in [3.8, 4) is 22.3 Å². The van der Waals surface area contributed by atoms with Crippen LogP contribution >= 0.6 is 0 Å². The first-order valence-corrected chi connectivity index (χ1v) is 26.1. The van der Waals surface area contributed by atoms with Crippen molar-refractivity contribution in [2.75, 3.05) is 9.80 Å². The molecule has 2 aliphatic heterocycles. The molecule has 0 saturated heterocycles. The van der Waals surface area contributed by atoms with Gasteiger partial charge in [-0.1, -0.05) is 182 Å². The first kappa shape index (κ1) is 43.0. The van der Waals surface area contributed by atoms with Crippen molar-refractivity contribution in [1.82, 2.24) is 0 Å². The molecule has 7 aromatic carbocycles. The Balaban J connectivity index is 1.34. The minimum Gasteiger partial charge on any atom is -0.311 e. The smallest absolute Gasteiger partial charge is 0.252 e.